The highest BCUT2D eigenvalue weighted by molar-refractivity contribution is 7.95. The van der Waals surface area contributed by atoms with Crippen molar-refractivity contribution in [2.75, 3.05) is 0 Å². The van der Waals surface area contributed by atoms with Gasteiger partial charge in [0.15, 0.2) is 0 Å². The lowest BCUT2D eigenvalue weighted by Gasteiger charge is -1.87. The molecule has 0 bridgehead atoms. The summed E-state index contributed by atoms with van der Waals surface area (Å²) in [5.74, 6) is 1.07. The molecule has 1 heterocycles. The third kappa shape index (κ3) is 1.64. The summed E-state index contributed by atoms with van der Waals surface area (Å²) in [6.07, 6.45) is 2.15. The molecule has 1 fully saturated rings. The number of hydrogen-bond acceptors (Lipinski definition) is 5. The molecule has 13 heavy (non-hydrogen) atoms. The number of rotatable bonds is 3. The number of aromatic nitrogens is 2. The second-order valence-corrected chi connectivity index (χ2v) is 5.72. The minimum absolute atomic E-state index is 0.0596. The van der Waals surface area contributed by atoms with Crippen molar-refractivity contribution in [3.63, 3.8) is 0 Å². The van der Waals surface area contributed by atoms with Gasteiger partial charge in [0.05, 0.1) is 0 Å². The van der Waals surface area contributed by atoms with Gasteiger partial charge in [-0.05, 0) is 24.4 Å². The van der Waals surface area contributed by atoms with E-state index in [9.17, 15) is 8.42 Å². The molecule has 0 N–H and O–H groups in total. The highest BCUT2D eigenvalue weighted by Gasteiger charge is 2.29. The maximum absolute atomic E-state index is 11.2. The molecular weight excluding hydrogens is 208 g/mol. The van der Waals surface area contributed by atoms with Crippen LogP contribution in [0.5, 0.6) is 0 Å². The maximum atomic E-state index is 11.2. The van der Waals surface area contributed by atoms with E-state index in [-0.39, 0.29) is 4.34 Å². The van der Waals surface area contributed by atoms with Crippen LogP contribution in [-0.4, -0.2) is 17.8 Å². The normalized spacial score (nSPS) is 17.2. The number of nitrogens with zero attached hydrogens (tertiary/aromatic N) is 2. The summed E-state index contributed by atoms with van der Waals surface area (Å²) in [7, 11) is -3.37. The van der Waals surface area contributed by atoms with Gasteiger partial charge in [-0.3, -0.25) is 0 Å². The zero-order chi connectivity index (χ0) is 9.47. The van der Waals surface area contributed by atoms with Crippen LogP contribution in [0.15, 0.2) is 16.3 Å². The van der Waals surface area contributed by atoms with Gasteiger partial charge in [0, 0.05) is 11.3 Å². The van der Waals surface area contributed by atoms with Gasteiger partial charge in [-0.25, -0.2) is 13.4 Å². The Morgan fingerprint density at radius 3 is 2.77 bits per heavy atom. The first-order chi connectivity index (χ1) is 6.13. The summed E-state index contributed by atoms with van der Waals surface area (Å²) in [5, 5.41) is 0.907. The van der Waals surface area contributed by atoms with E-state index in [2.05, 4.69) is 15.9 Å². The Morgan fingerprint density at radius 2 is 2.23 bits per heavy atom. The summed E-state index contributed by atoms with van der Waals surface area (Å²) in [6, 6.07) is 0. The zero-order valence-corrected chi connectivity index (χ0v) is 8.44. The molecule has 0 saturated heterocycles. The average Bonchev–Trinajstić information content (AvgIpc) is 2.83. The molecule has 1 aliphatic rings. The molecule has 0 amide bonds. The molecule has 4 nitrogen and oxygen atoms in total. The van der Waals surface area contributed by atoms with Crippen LogP contribution in [0.2, 0.25) is 0 Å². The van der Waals surface area contributed by atoms with Crippen LogP contribution in [0.3, 0.4) is 0 Å². The van der Waals surface area contributed by atoms with E-state index < -0.39 is 9.84 Å². The molecule has 0 unspecified atom stereocenters. The fourth-order valence-corrected chi connectivity index (χ4v) is 2.51. The highest BCUT2D eigenvalue weighted by Crippen LogP contribution is 2.39. The fourth-order valence-electron chi connectivity index (χ4n) is 0.914. The Kier molecular flexibility index (Phi) is 1.96. The summed E-state index contributed by atoms with van der Waals surface area (Å²) < 4.78 is 26.5. The van der Waals surface area contributed by atoms with Gasteiger partial charge >= 0.3 is 0 Å². The molecule has 1 saturated carbocycles. The van der Waals surface area contributed by atoms with Crippen molar-refractivity contribution in [3.05, 3.63) is 17.8 Å². The van der Waals surface area contributed by atoms with Crippen molar-refractivity contribution in [1.29, 1.82) is 0 Å². The number of hydrogen-bond donors (Lipinski definition) is 0. The maximum Gasteiger partial charge on any atom is 0.233 e. The molecule has 0 spiro atoms. The molecule has 1 aliphatic carbocycles. The zero-order valence-electron chi connectivity index (χ0n) is 6.80. The minimum Gasteiger partial charge on any atom is -0.217 e. The van der Waals surface area contributed by atoms with Crippen LogP contribution in [0, 0.1) is 0 Å². The Hall–Kier alpha value is -0.750. The molecular formula is C7H8N2O2S2. The van der Waals surface area contributed by atoms with Crippen molar-refractivity contribution in [2.24, 2.45) is 0 Å². The molecule has 1 aromatic rings. The molecule has 0 aromatic carbocycles. The van der Waals surface area contributed by atoms with Gasteiger partial charge in [-0.1, -0.05) is 6.58 Å². The van der Waals surface area contributed by atoms with Gasteiger partial charge in [-0.15, -0.1) is 0 Å². The Labute approximate surface area is 80.4 Å². The quantitative estimate of drug-likeness (QED) is 0.764. The van der Waals surface area contributed by atoms with Crippen LogP contribution < -0.4 is 0 Å². The van der Waals surface area contributed by atoms with Crippen LogP contribution in [0.4, 0.5) is 0 Å². The molecule has 0 atom stereocenters. The van der Waals surface area contributed by atoms with Gasteiger partial charge in [0.1, 0.15) is 5.82 Å². The standard InChI is InChI=1S/C7H8N2O2S2/c1-2-13(10,11)7-8-6(9-12-7)5-3-4-5/h2,5H,1,3-4H2. The third-order valence-electron chi connectivity index (χ3n) is 1.83. The molecule has 70 valence electrons. The SMILES string of the molecule is C=CS(=O)(=O)c1nc(C2CC2)ns1. The van der Waals surface area contributed by atoms with E-state index >= 15 is 0 Å². The Balaban J connectivity index is 2.36. The van der Waals surface area contributed by atoms with Crippen molar-refractivity contribution in [1.82, 2.24) is 9.36 Å². The van der Waals surface area contributed by atoms with Crippen LogP contribution in [-0.2, 0) is 9.84 Å². The van der Waals surface area contributed by atoms with E-state index in [4.69, 9.17) is 0 Å². The monoisotopic (exact) mass is 216 g/mol. The summed E-state index contributed by atoms with van der Waals surface area (Å²) in [5.41, 5.74) is 0. The van der Waals surface area contributed by atoms with Crippen LogP contribution >= 0.6 is 11.5 Å². The lowest BCUT2D eigenvalue weighted by Crippen LogP contribution is -1.94. The topological polar surface area (TPSA) is 59.9 Å². The van der Waals surface area contributed by atoms with Crippen LogP contribution in [0.1, 0.15) is 24.6 Å². The van der Waals surface area contributed by atoms with Crippen molar-refractivity contribution < 1.29 is 8.42 Å². The predicted octanol–water partition coefficient (Wildman–Crippen LogP) is 1.33. The van der Waals surface area contributed by atoms with Gasteiger partial charge in [0.2, 0.25) is 14.2 Å². The molecule has 6 heteroatoms. The number of sulfone groups is 1. The third-order valence-corrected chi connectivity index (χ3v) is 4.29. The van der Waals surface area contributed by atoms with Gasteiger partial charge in [-0.2, -0.15) is 4.37 Å². The van der Waals surface area contributed by atoms with Gasteiger partial charge in [0.25, 0.3) is 0 Å². The first-order valence-electron chi connectivity index (χ1n) is 3.84. The Bertz CT molecular complexity index is 431. The van der Waals surface area contributed by atoms with Crippen molar-refractivity contribution >= 4 is 21.4 Å². The smallest absolute Gasteiger partial charge is 0.217 e. The second-order valence-electron chi connectivity index (χ2n) is 2.90. The van der Waals surface area contributed by atoms with Gasteiger partial charge < -0.3 is 0 Å². The van der Waals surface area contributed by atoms with E-state index in [0.29, 0.717) is 11.7 Å². The largest absolute Gasteiger partial charge is 0.233 e. The summed E-state index contributed by atoms with van der Waals surface area (Å²) >= 11 is 0.929. The predicted molar refractivity (Wildman–Crippen MR) is 49.3 cm³/mol. The van der Waals surface area contributed by atoms with Crippen molar-refractivity contribution in [2.45, 2.75) is 23.1 Å². The average molecular weight is 216 g/mol. The van der Waals surface area contributed by atoms with E-state index in [1.807, 2.05) is 0 Å². The molecule has 0 radical (unpaired) electrons. The minimum atomic E-state index is -3.37. The first kappa shape index (κ1) is 8.83. The lowest BCUT2D eigenvalue weighted by molar-refractivity contribution is 0.603. The molecule has 0 aliphatic heterocycles. The first-order valence-corrected chi connectivity index (χ1v) is 6.16. The van der Waals surface area contributed by atoms with Crippen LogP contribution in [0.25, 0.3) is 0 Å². The molecule has 2 rings (SSSR count). The fraction of sp³-hybridized carbons (Fsp3) is 0.429. The Morgan fingerprint density at radius 1 is 1.54 bits per heavy atom. The lowest BCUT2D eigenvalue weighted by atomic mass is 10.4. The van der Waals surface area contributed by atoms with E-state index in [1.54, 1.807) is 0 Å². The van der Waals surface area contributed by atoms with E-state index in [0.717, 1.165) is 29.8 Å². The van der Waals surface area contributed by atoms with E-state index in [1.165, 1.54) is 0 Å². The van der Waals surface area contributed by atoms with Crippen molar-refractivity contribution in [3.8, 4) is 0 Å². The second kappa shape index (κ2) is 2.88. The highest BCUT2D eigenvalue weighted by atomic mass is 32.2. The summed E-state index contributed by atoms with van der Waals surface area (Å²) in [4.78, 5) is 3.96. The summed E-state index contributed by atoms with van der Waals surface area (Å²) in [6.45, 7) is 3.23. The molecule has 1 aromatic heterocycles.